The van der Waals surface area contributed by atoms with Gasteiger partial charge < -0.3 is 9.73 Å². The van der Waals surface area contributed by atoms with Crippen LogP contribution in [0.4, 0.5) is 0 Å². The van der Waals surface area contributed by atoms with E-state index in [0.29, 0.717) is 11.6 Å². The van der Waals surface area contributed by atoms with Gasteiger partial charge in [0.2, 0.25) is 5.76 Å². The summed E-state index contributed by atoms with van der Waals surface area (Å²) in [5, 5.41) is 2.67. The predicted octanol–water partition coefficient (Wildman–Crippen LogP) is 2.15. The summed E-state index contributed by atoms with van der Waals surface area (Å²) in [6.07, 6.45) is 0. The van der Waals surface area contributed by atoms with E-state index in [2.05, 4.69) is 10.3 Å². The first kappa shape index (κ1) is 15.5. The molecule has 0 radical (unpaired) electrons. The zero-order valence-corrected chi connectivity index (χ0v) is 13.0. The summed E-state index contributed by atoms with van der Waals surface area (Å²) >= 11 is 0. The summed E-state index contributed by atoms with van der Waals surface area (Å²) in [5.41, 5.74) is 1.26. The van der Waals surface area contributed by atoms with Gasteiger partial charge in [0.05, 0.1) is 10.6 Å². The van der Waals surface area contributed by atoms with Crippen LogP contribution in [0, 0.1) is 13.8 Å². The summed E-state index contributed by atoms with van der Waals surface area (Å²) in [4.78, 5) is 15.9. The van der Waals surface area contributed by atoms with Crippen LogP contribution >= 0.6 is 10.7 Å². The molecule has 1 aromatic heterocycles. The second kappa shape index (κ2) is 5.87. The lowest BCUT2D eigenvalue weighted by Gasteiger charge is -2.04. The fourth-order valence-electron chi connectivity index (χ4n) is 1.77. The normalized spacial score (nSPS) is 11.4. The number of oxazole rings is 1. The lowest BCUT2D eigenvalue weighted by atomic mass is 10.2. The van der Waals surface area contributed by atoms with Crippen LogP contribution in [-0.4, -0.2) is 19.3 Å². The number of carbonyl (C=O) groups excluding carboxylic acids is 1. The summed E-state index contributed by atoms with van der Waals surface area (Å²) in [6, 6.07) is 5.92. The maximum absolute atomic E-state index is 11.9. The monoisotopic (exact) mass is 328 g/mol. The third kappa shape index (κ3) is 3.83. The minimum atomic E-state index is -3.74. The highest BCUT2D eigenvalue weighted by Gasteiger charge is 2.15. The summed E-state index contributed by atoms with van der Waals surface area (Å²) in [7, 11) is 1.49. The highest BCUT2D eigenvalue weighted by molar-refractivity contribution is 8.13. The molecule has 1 aromatic carbocycles. The van der Waals surface area contributed by atoms with E-state index in [1.807, 2.05) is 0 Å². The third-order valence-corrected chi connectivity index (χ3v) is 4.14. The molecule has 1 N–H and O–H groups in total. The maximum Gasteiger partial charge on any atom is 0.289 e. The molecule has 21 heavy (non-hydrogen) atoms. The van der Waals surface area contributed by atoms with E-state index in [9.17, 15) is 13.2 Å². The van der Waals surface area contributed by atoms with Crippen molar-refractivity contribution in [3.63, 3.8) is 0 Å². The average Bonchev–Trinajstić information content (AvgIpc) is 2.74. The number of rotatable bonds is 4. The molecular formula is C13H13ClN2O4S. The molecule has 0 aliphatic carbocycles. The predicted molar refractivity (Wildman–Crippen MR) is 76.6 cm³/mol. The fourth-order valence-corrected chi connectivity index (χ4v) is 2.54. The Hall–Kier alpha value is -1.86. The van der Waals surface area contributed by atoms with E-state index >= 15 is 0 Å². The second-order valence-corrected chi connectivity index (χ2v) is 6.98. The first-order valence-electron chi connectivity index (χ1n) is 6.03. The van der Waals surface area contributed by atoms with E-state index in [1.165, 1.54) is 12.1 Å². The van der Waals surface area contributed by atoms with Crippen LogP contribution in [-0.2, 0) is 15.6 Å². The summed E-state index contributed by atoms with van der Waals surface area (Å²) < 4.78 is 27.4. The highest BCUT2D eigenvalue weighted by atomic mass is 35.7. The molecule has 0 atom stereocenters. The molecule has 8 heteroatoms. The van der Waals surface area contributed by atoms with Gasteiger partial charge in [-0.05, 0) is 24.6 Å². The molecule has 0 unspecified atom stereocenters. The summed E-state index contributed by atoms with van der Waals surface area (Å²) in [5.74, 6) is 0.226. The fraction of sp³-hybridized carbons (Fsp3) is 0.231. The van der Waals surface area contributed by atoms with Crippen LogP contribution in [0.25, 0.3) is 0 Å². The zero-order chi connectivity index (χ0) is 15.6. The lowest BCUT2D eigenvalue weighted by Crippen LogP contribution is -2.23. The molecule has 112 valence electrons. The van der Waals surface area contributed by atoms with Gasteiger partial charge in [0, 0.05) is 24.2 Å². The van der Waals surface area contributed by atoms with Crippen molar-refractivity contribution < 1.29 is 17.6 Å². The topological polar surface area (TPSA) is 89.3 Å². The van der Waals surface area contributed by atoms with Crippen LogP contribution in [0.1, 0.15) is 27.7 Å². The number of nitrogens with zero attached hydrogens (tertiary/aromatic N) is 1. The van der Waals surface area contributed by atoms with Crippen molar-refractivity contribution in [3.8, 4) is 0 Å². The van der Waals surface area contributed by atoms with E-state index < -0.39 is 9.05 Å². The molecule has 0 bridgehead atoms. The Morgan fingerprint density at radius 1 is 1.29 bits per heavy atom. The van der Waals surface area contributed by atoms with E-state index in [1.54, 1.807) is 26.0 Å². The Bertz CT molecular complexity index is 766. The molecule has 0 saturated carbocycles. The zero-order valence-electron chi connectivity index (χ0n) is 11.4. The minimum Gasteiger partial charge on any atom is -0.436 e. The molecule has 0 aliphatic heterocycles. The average molecular weight is 329 g/mol. The molecule has 2 aromatic rings. The van der Waals surface area contributed by atoms with E-state index in [-0.39, 0.29) is 23.1 Å². The van der Waals surface area contributed by atoms with Crippen LogP contribution in [0.3, 0.4) is 0 Å². The van der Waals surface area contributed by atoms with Gasteiger partial charge in [-0.25, -0.2) is 13.4 Å². The number of carbonyl (C=O) groups is 1. The van der Waals surface area contributed by atoms with Crippen LogP contribution in [0.15, 0.2) is 33.6 Å². The minimum absolute atomic E-state index is 0.0148. The number of aryl methyl sites for hydroxylation is 2. The standard InChI is InChI=1S/C13H13ClN2O4S/c1-8-12(20-9(2)16-8)13(17)15-7-10-3-5-11(6-4-10)21(14,18)19/h3-6H,7H2,1-2H3,(H,15,17). The van der Waals surface area contributed by atoms with Crippen molar-refractivity contribution >= 4 is 25.6 Å². The Labute approximate surface area is 126 Å². The first-order chi connectivity index (χ1) is 9.77. The Kier molecular flexibility index (Phi) is 4.34. The van der Waals surface area contributed by atoms with Gasteiger partial charge in [-0.1, -0.05) is 12.1 Å². The number of nitrogens with one attached hydrogen (secondary N) is 1. The van der Waals surface area contributed by atoms with Crippen molar-refractivity contribution in [1.29, 1.82) is 0 Å². The van der Waals surface area contributed by atoms with Gasteiger partial charge in [0.15, 0.2) is 5.89 Å². The smallest absolute Gasteiger partial charge is 0.289 e. The molecule has 0 saturated heterocycles. The Balaban J connectivity index is 2.03. The number of amides is 1. The van der Waals surface area contributed by atoms with Gasteiger partial charge >= 0.3 is 0 Å². The lowest BCUT2D eigenvalue weighted by molar-refractivity contribution is 0.0921. The Morgan fingerprint density at radius 3 is 2.38 bits per heavy atom. The number of aromatic nitrogens is 1. The second-order valence-electron chi connectivity index (χ2n) is 4.41. The SMILES string of the molecule is Cc1nc(C)c(C(=O)NCc2ccc(S(=O)(=O)Cl)cc2)o1. The largest absolute Gasteiger partial charge is 0.436 e. The van der Waals surface area contributed by atoms with Gasteiger partial charge in [0.25, 0.3) is 15.0 Å². The van der Waals surface area contributed by atoms with Crippen molar-refractivity contribution in [3.05, 3.63) is 47.2 Å². The molecular weight excluding hydrogens is 316 g/mol. The third-order valence-electron chi connectivity index (χ3n) is 2.77. The quantitative estimate of drug-likeness (QED) is 0.869. The maximum atomic E-state index is 11.9. The molecule has 6 nitrogen and oxygen atoms in total. The molecule has 1 amide bonds. The van der Waals surface area contributed by atoms with Crippen LogP contribution < -0.4 is 5.32 Å². The van der Waals surface area contributed by atoms with Gasteiger partial charge in [-0.3, -0.25) is 4.79 Å². The number of benzene rings is 1. The van der Waals surface area contributed by atoms with Crippen LogP contribution in [0.2, 0.25) is 0 Å². The first-order valence-corrected chi connectivity index (χ1v) is 8.34. The number of hydrogen-bond acceptors (Lipinski definition) is 5. The van der Waals surface area contributed by atoms with Gasteiger partial charge in [-0.2, -0.15) is 0 Å². The highest BCUT2D eigenvalue weighted by Crippen LogP contribution is 2.15. The molecule has 0 spiro atoms. The van der Waals surface area contributed by atoms with Crippen molar-refractivity contribution in [1.82, 2.24) is 10.3 Å². The van der Waals surface area contributed by atoms with E-state index in [4.69, 9.17) is 15.1 Å². The molecule has 0 fully saturated rings. The molecule has 0 aliphatic rings. The van der Waals surface area contributed by atoms with Crippen LogP contribution in [0.5, 0.6) is 0 Å². The molecule has 1 heterocycles. The van der Waals surface area contributed by atoms with Gasteiger partial charge in [0.1, 0.15) is 0 Å². The van der Waals surface area contributed by atoms with E-state index in [0.717, 1.165) is 5.56 Å². The molecule has 2 rings (SSSR count). The van der Waals surface area contributed by atoms with Crippen molar-refractivity contribution in [2.75, 3.05) is 0 Å². The van der Waals surface area contributed by atoms with Crippen molar-refractivity contribution in [2.24, 2.45) is 0 Å². The summed E-state index contributed by atoms with van der Waals surface area (Å²) in [6.45, 7) is 3.58. The van der Waals surface area contributed by atoms with Gasteiger partial charge in [-0.15, -0.1) is 0 Å². The Morgan fingerprint density at radius 2 is 1.90 bits per heavy atom. The number of halogens is 1. The van der Waals surface area contributed by atoms with Crippen molar-refractivity contribution in [2.45, 2.75) is 25.3 Å². The number of hydrogen-bond donors (Lipinski definition) is 1.